The number of amides is 1. The fourth-order valence-electron chi connectivity index (χ4n) is 2.53. The van der Waals surface area contributed by atoms with Crippen LogP contribution in [0.25, 0.3) is 0 Å². The van der Waals surface area contributed by atoms with Crippen molar-refractivity contribution >= 4 is 17.3 Å². The van der Waals surface area contributed by atoms with Crippen molar-refractivity contribution in [3.63, 3.8) is 0 Å². The van der Waals surface area contributed by atoms with Gasteiger partial charge in [0, 0.05) is 5.69 Å². The molecule has 0 saturated heterocycles. The summed E-state index contributed by atoms with van der Waals surface area (Å²) in [5.41, 5.74) is 1.32. The summed E-state index contributed by atoms with van der Waals surface area (Å²) in [6.45, 7) is 5.39. The first kappa shape index (κ1) is 13.6. The maximum Gasteiger partial charge on any atom is 0.275 e. The van der Waals surface area contributed by atoms with Gasteiger partial charge in [-0.15, -0.1) is 0 Å². The van der Waals surface area contributed by atoms with Gasteiger partial charge in [0.15, 0.2) is 5.60 Å². The predicted octanol–water partition coefficient (Wildman–Crippen LogP) is 3.97. The van der Waals surface area contributed by atoms with Gasteiger partial charge in [0.1, 0.15) is 11.6 Å². The summed E-state index contributed by atoms with van der Waals surface area (Å²) in [5.74, 6) is 0.156. The zero-order valence-corrected chi connectivity index (χ0v) is 12.2. The minimum Gasteiger partial charge on any atom is -0.476 e. The first-order chi connectivity index (χ1) is 9.90. The number of ether oxygens (including phenoxy) is 1. The van der Waals surface area contributed by atoms with Crippen molar-refractivity contribution in [1.82, 2.24) is 0 Å². The van der Waals surface area contributed by atoms with Crippen molar-refractivity contribution in [1.29, 1.82) is 0 Å². The lowest BCUT2D eigenvalue weighted by molar-refractivity contribution is -0.131. The highest BCUT2D eigenvalue weighted by molar-refractivity contribution is 6.08. The maximum absolute atomic E-state index is 13.2. The second-order valence-electron chi connectivity index (χ2n) is 5.65. The van der Waals surface area contributed by atoms with Crippen LogP contribution in [0.1, 0.15) is 19.4 Å². The largest absolute Gasteiger partial charge is 0.476 e. The van der Waals surface area contributed by atoms with Gasteiger partial charge in [-0.3, -0.25) is 9.69 Å². The quantitative estimate of drug-likeness (QED) is 0.793. The summed E-state index contributed by atoms with van der Waals surface area (Å²) in [7, 11) is 0. The molecule has 3 rings (SSSR count). The molecule has 0 aromatic heterocycles. The Hall–Kier alpha value is -2.36. The third-order valence-electron chi connectivity index (χ3n) is 3.59. The molecule has 3 nitrogen and oxygen atoms in total. The third-order valence-corrected chi connectivity index (χ3v) is 3.59. The number of hydrogen-bond acceptors (Lipinski definition) is 2. The second kappa shape index (κ2) is 4.58. The van der Waals surface area contributed by atoms with Gasteiger partial charge in [0.05, 0.1) is 5.69 Å². The van der Waals surface area contributed by atoms with E-state index in [1.165, 1.54) is 12.1 Å². The summed E-state index contributed by atoms with van der Waals surface area (Å²) in [6.07, 6.45) is 0. The molecule has 108 valence electrons. The molecule has 0 atom stereocenters. The molecule has 21 heavy (non-hydrogen) atoms. The Bertz CT molecular complexity index is 707. The van der Waals surface area contributed by atoms with Gasteiger partial charge in [0.2, 0.25) is 0 Å². The number of nitrogens with zero attached hydrogens (tertiary/aromatic N) is 1. The van der Waals surface area contributed by atoms with Crippen LogP contribution in [0, 0.1) is 12.7 Å². The predicted molar refractivity (Wildman–Crippen MR) is 79.4 cm³/mol. The minimum absolute atomic E-state index is 0.170. The van der Waals surface area contributed by atoms with Crippen LogP contribution >= 0.6 is 0 Å². The lowest BCUT2D eigenvalue weighted by Crippen LogP contribution is -2.50. The Balaban J connectivity index is 2.22. The lowest BCUT2D eigenvalue weighted by Gasteiger charge is -2.39. The van der Waals surface area contributed by atoms with Crippen molar-refractivity contribution in [2.75, 3.05) is 4.90 Å². The van der Waals surface area contributed by atoms with Crippen LogP contribution in [0.5, 0.6) is 5.75 Å². The standard InChI is InChI=1S/C17H16FNO2/c1-11-5-4-6-14-15(11)19(16(20)17(2,3)21-14)13-9-7-12(18)8-10-13/h4-10H,1-3H3. The molecule has 0 saturated carbocycles. The number of hydrogen-bond donors (Lipinski definition) is 0. The SMILES string of the molecule is Cc1cccc2c1N(c1ccc(F)cc1)C(=O)C(C)(C)O2. The summed E-state index contributed by atoms with van der Waals surface area (Å²) >= 11 is 0. The van der Waals surface area contributed by atoms with Gasteiger partial charge < -0.3 is 4.74 Å². The smallest absolute Gasteiger partial charge is 0.275 e. The van der Waals surface area contributed by atoms with E-state index in [1.54, 1.807) is 30.9 Å². The van der Waals surface area contributed by atoms with Gasteiger partial charge in [-0.1, -0.05) is 12.1 Å². The number of benzene rings is 2. The minimum atomic E-state index is -0.963. The van der Waals surface area contributed by atoms with Crippen LogP contribution in [0.3, 0.4) is 0 Å². The molecular weight excluding hydrogens is 269 g/mol. The van der Waals surface area contributed by atoms with Crippen LogP contribution in [0.4, 0.5) is 15.8 Å². The molecule has 1 heterocycles. The van der Waals surface area contributed by atoms with Crippen molar-refractivity contribution in [2.45, 2.75) is 26.4 Å². The van der Waals surface area contributed by atoms with Crippen LogP contribution in [0.15, 0.2) is 42.5 Å². The van der Waals surface area contributed by atoms with E-state index in [1.807, 2.05) is 25.1 Å². The van der Waals surface area contributed by atoms with Crippen molar-refractivity contribution < 1.29 is 13.9 Å². The van der Waals surface area contributed by atoms with Crippen molar-refractivity contribution in [2.24, 2.45) is 0 Å². The molecule has 0 radical (unpaired) electrons. The summed E-state index contributed by atoms with van der Waals surface area (Å²) in [4.78, 5) is 14.4. The highest BCUT2D eigenvalue weighted by Crippen LogP contribution is 2.43. The van der Waals surface area contributed by atoms with Gasteiger partial charge in [0.25, 0.3) is 5.91 Å². The number of aryl methyl sites for hydroxylation is 1. The van der Waals surface area contributed by atoms with Gasteiger partial charge >= 0.3 is 0 Å². The molecule has 1 amide bonds. The Kier molecular flexibility index (Phi) is 2.97. The zero-order valence-electron chi connectivity index (χ0n) is 12.2. The first-order valence-corrected chi connectivity index (χ1v) is 6.79. The number of fused-ring (bicyclic) bond motifs is 1. The van der Waals surface area contributed by atoms with Crippen LogP contribution < -0.4 is 9.64 Å². The average molecular weight is 285 g/mol. The van der Waals surface area contributed by atoms with Gasteiger partial charge in [-0.05, 0) is 56.7 Å². The second-order valence-corrected chi connectivity index (χ2v) is 5.65. The topological polar surface area (TPSA) is 29.5 Å². The highest BCUT2D eigenvalue weighted by Gasteiger charge is 2.42. The average Bonchev–Trinajstić information content (AvgIpc) is 2.42. The molecular formula is C17H16FNO2. The summed E-state index contributed by atoms with van der Waals surface area (Å²) < 4.78 is 19.0. The number of carbonyl (C=O) groups is 1. The van der Waals surface area contributed by atoms with E-state index in [0.717, 1.165) is 5.56 Å². The summed E-state index contributed by atoms with van der Waals surface area (Å²) in [5, 5.41) is 0. The van der Waals surface area contributed by atoms with Crippen LogP contribution in [0.2, 0.25) is 0 Å². The van der Waals surface area contributed by atoms with E-state index in [0.29, 0.717) is 17.1 Å². The molecule has 1 aliphatic rings. The Labute approximate surface area is 123 Å². The van der Waals surface area contributed by atoms with Crippen LogP contribution in [-0.2, 0) is 4.79 Å². The molecule has 0 aliphatic carbocycles. The number of anilines is 2. The van der Waals surface area contributed by atoms with Crippen molar-refractivity contribution in [3.05, 3.63) is 53.8 Å². The van der Waals surface area contributed by atoms with E-state index in [4.69, 9.17) is 4.74 Å². The van der Waals surface area contributed by atoms with Gasteiger partial charge in [-0.2, -0.15) is 0 Å². The zero-order chi connectivity index (χ0) is 15.2. The van der Waals surface area contributed by atoms with E-state index in [9.17, 15) is 9.18 Å². The molecule has 0 bridgehead atoms. The van der Waals surface area contributed by atoms with E-state index in [2.05, 4.69) is 0 Å². The summed E-state index contributed by atoms with van der Waals surface area (Å²) in [6, 6.07) is 11.6. The Morgan fingerprint density at radius 3 is 2.43 bits per heavy atom. The van der Waals surface area contributed by atoms with Crippen LogP contribution in [-0.4, -0.2) is 11.5 Å². The first-order valence-electron chi connectivity index (χ1n) is 6.79. The molecule has 2 aromatic rings. The lowest BCUT2D eigenvalue weighted by atomic mass is 10.0. The number of para-hydroxylation sites is 1. The molecule has 2 aromatic carbocycles. The molecule has 1 aliphatic heterocycles. The fraction of sp³-hybridized carbons (Fsp3) is 0.235. The Morgan fingerprint density at radius 1 is 1.10 bits per heavy atom. The van der Waals surface area contributed by atoms with E-state index < -0.39 is 5.60 Å². The highest BCUT2D eigenvalue weighted by atomic mass is 19.1. The number of rotatable bonds is 1. The normalized spacial score (nSPS) is 16.4. The molecule has 0 unspecified atom stereocenters. The number of carbonyl (C=O) groups excluding carboxylic acids is 1. The third kappa shape index (κ3) is 2.17. The van der Waals surface area contributed by atoms with E-state index >= 15 is 0 Å². The fourth-order valence-corrected chi connectivity index (χ4v) is 2.53. The maximum atomic E-state index is 13.2. The molecule has 0 spiro atoms. The molecule has 4 heteroatoms. The van der Waals surface area contributed by atoms with Crippen molar-refractivity contribution in [3.8, 4) is 5.75 Å². The Morgan fingerprint density at radius 2 is 1.76 bits per heavy atom. The molecule has 0 N–H and O–H groups in total. The molecule has 0 fully saturated rings. The number of halogens is 1. The van der Waals surface area contributed by atoms with E-state index in [-0.39, 0.29) is 11.7 Å². The van der Waals surface area contributed by atoms with Gasteiger partial charge in [-0.25, -0.2) is 4.39 Å². The monoisotopic (exact) mass is 285 g/mol.